The van der Waals surface area contributed by atoms with Crippen molar-refractivity contribution >= 4 is 44.9 Å². The summed E-state index contributed by atoms with van der Waals surface area (Å²) in [7, 11) is 0. The minimum atomic E-state index is 0.853. The Bertz CT molecular complexity index is 1330. The van der Waals surface area contributed by atoms with Gasteiger partial charge in [-0.2, -0.15) is 0 Å². The molecular formula is C25H19NO. The SMILES string of the molecule is C=Cc1c(/C=C\C)oc2cc3c4ccccc4n(-c4ccccc4)c3cc12. The van der Waals surface area contributed by atoms with Gasteiger partial charge < -0.3 is 8.98 Å². The molecule has 0 N–H and O–H groups in total. The maximum atomic E-state index is 6.14. The molecule has 130 valence electrons. The van der Waals surface area contributed by atoms with Gasteiger partial charge in [0.25, 0.3) is 0 Å². The highest BCUT2D eigenvalue weighted by Gasteiger charge is 2.16. The number of nitrogens with zero attached hydrogens (tertiary/aromatic N) is 1. The molecule has 0 saturated heterocycles. The minimum absolute atomic E-state index is 0.853. The van der Waals surface area contributed by atoms with E-state index in [1.807, 2.05) is 31.2 Å². The number of benzene rings is 3. The Labute approximate surface area is 157 Å². The van der Waals surface area contributed by atoms with Crippen molar-refractivity contribution in [3.63, 3.8) is 0 Å². The lowest BCUT2D eigenvalue weighted by molar-refractivity contribution is 0.603. The van der Waals surface area contributed by atoms with E-state index in [9.17, 15) is 0 Å². The van der Waals surface area contributed by atoms with Crippen molar-refractivity contribution in [2.75, 3.05) is 0 Å². The van der Waals surface area contributed by atoms with E-state index < -0.39 is 0 Å². The highest BCUT2D eigenvalue weighted by Crippen LogP contribution is 2.37. The summed E-state index contributed by atoms with van der Waals surface area (Å²) in [6, 6.07) is 23.4. The number of hydrogen-bond acceptors (Lipinski definition) is 1. The van der Waals surface area contributed by atoms with Gasteiger partial charge in [-0.3, -0.25) is 0 Å². The van der Waals surface area contributed by atoms with Gasteiger partial charge in [-0.1, -0.05) is 55.1 Å². The molecule has 0 atom stereocenters. The van der Waals surface area contributed by atoms with Gasteiger partial charge >= 0.3 is 0 Å². The molecule has 0 spiro atoms. The maximum Gasteiger partial charge on any atom is 0.136 e. The third-order valence-corrected chi connectivity index (χ3v) is 5.09. The Morgan fingerprint density at radius 3 is 2.41 bits per heavy atom. The normalized spacial score (nSPS) is 11.9. The van der Waals surface area contributed by atoms with Crippen molar-refractivity contribution in [2.24, 2.45) is 0 Å². The van der Waals surface area contributed by atoms with Gasteiger partial charge in [-0.25, -0.2) is 0 Å². The second-order valence-corrected chi connectivity index (χ2v) is 6.64. The monoisotopic (exact) mass is 349 g/mol. The largest absolute Gasteiger partial charge is 0.456 e. The lowest BCUT2D eigenvalue weighted by atomic mass is 10.1. The minimum Gasteiger partial charge on any atom is -0.456 e. The molecule has 2 heteroatoms. The van der Waals surface area contributed by atoms with Crippen LogP contribution in [-0.4, -0.2) is 4.57 Å². The van der Waals surface area contributed by atoms with Crippen LogP contribution in [-0.2, 0) is 0 Å². The number of fused-ring (bicyclic) bond motifs is 4. The second kappa shape index (κ2) is 6.03. The van der Waals surface area contributed by atoms with E-state index in [2.05, 4.69) is 71.8 Å². The first-order chi connectivity index (χ1) is 13.3. The molecule has 2 nitrogen and oxygen atoms in total. The predicted octanol–water partition coefficient (Wildman–Crippen LogP) is 7.21. The molecule has 0 aliphatic rings. The molecule has 0 aliphatic heterocycles. The van der Waals surface area contributed by atoms with Crippen LogP contribution in [0.5, 0.6) is 0 Å². The number of hydrogen-bond donors (Lipinski definition) is 0. The van der Waals surface area contributed by atoms with E-state index in [-0.39, 0.29) is 0 Å². The number of para-hydroxylation sites is 2. The summed E-state index contributed by atoms with van der Waals surface area (Å²) in [5.41, 5.74) is 5.45. The second-order valence-electron chi connectivity index (χ2n) is 6.64. The number of aromatic nitrogens is 1. The zero-order valence-corrected chi connectivity index (χ0v) is 15.1. The van der Waals surface area contributed by atoms with Gasteiger partial charge in [0.2, 0.25) is 0 Å². The molecule has 0 radical (unpaired) electrons. The molecule has 3 aromatic carbocycles. The van der Waals surface area contributed by atoms with Crippen LogP contribution in [0, 0.1) is 0 Å². The number of furan rings is 1. The fourth-order valence-corrected chi connectivity index (χ4v) is 3.94. The molecule has 27 heavy (non-hydrogen) atoms. The lowest BCUT2D eigenvalue weighted by Gasteiger charge is -2.07. The molecule has 0 fully saturated rings. The van der Waals surface area contributed by atoms with E-state index in [0.29, 0.717) is 0 Å². The fraction of sp³-hybridized carbons (Fsp3) is 0.0400. The van der Waals surface area contributed by atoms with Crippen LogP contribution in [0.25, 0.3) is 50.6 Å². The summed E-state index contributed by atoms with van der Waals surface area (Å²) >= 11 is 0. The van der Waals surface area contributed by atoms with Gasteiger partial charge in [0.1, 0.15) is 11.3 Å². The van der Waals surface area contributed by atoms with Gasteiger partial charge in [0.05, 0.1) is 11.0 Å². The third-order valence-electron chi connectivity index (χ3n) is 5.09. The Hall–Kier alpha value is -3.52. The highest BCUT2D eigenvalue weighted by atomic mass is 16.3. The molecule has 2 heterocycles. The molecular weight excluding hydrogens is 330 g/mol. The molecule has 5 rings (SSSR count). The van der Waals surface area contributed by atoms with Crippen molar-refractivity contribution in [2.45, 2.75) is 6.92 Å². The summed E-state index contributed by atoms with van der Waals surface area (Å²) in [5, 5.41) is 3.51. The summed E-state index contributed by atoms with van der Waals surface area (Å²) < 4.78 is 8.45. The molecule has 0 amide bonds. The van der Waals surface area contributed by atoms with Crippen LogP contribution in [0.15, 0.2) is 83.8 Å². The summed E-state index contributed by atoms with van der Waals surface area (Å²) in [6.45, 7) is 5.99. The van der Waals surface area contributed by atoms with Crippen molar-refractivity contribution in [1.82, 2.24) is 4.57 Å². The van der Waals surface area contributed by atoms with Gasteiger partial charge in [-0.15, -0.1) is 0 Å². The number of rotatable bonds is 3. The van der Waals surface area contributed by atoms with Gasteiger partial charge in [0.15, 0.2) is 0 Å². The Morgan fingerprint density at radius 1 is 0.852 bits per heavy atom. The average molecular weight is 349 g/mol. The average Bonchev–Trinajstić information content (AvgIpc) is 3.21. The lowest BCUT2D eigenvalue weighted by Crippen LogP contribution is -1.92. The smallest absolute Gasteiger partial charge is 0.136 e. The molecule has 2 aromatic heterocycles. The molecule has 0 unspecified atom stereocenters. The van der Waals surface area contributed by atoms with Crippen LogP contribution >= 0.6 is 0 Å². The first-order valence-corrected chi connectivity index (χ1v) is 9.12. The Morgan fingerprint density at radius 2 is 1.63 bits per heavy atom. The first-order valence-electron chi connectivity index (χ1n) is 9.12. The maximum absolute atomic E-state index is 6.14. The summed E-state index contributed by atoms with van der Waals surface area (Å²) in [5.74, 6) is 0.853. The zero-order chi connectivity index (χ0) is 18.4. The fourth-order valence-electron chi connectivity index (χ4n) is 3.94. The van der Waals surface area contributed by atoms with E-state index in [1.165, 1.54) is 21.8 Å². The van der Waals surface area contributed by atoms with Crippen molar-refractivity contribution in [1.29, 1.82) is 0 Å². The van der Waals surface area contributed by atoms with Crippen LogP contribution in [0.3, 0.4) is 0 Å². The van der Waals surface area contributed by atoms with E-state index >= 15 is 0 Å². The van der Waals surface area contributed by atoms with Crippen LogP contribution in [0.2, 0.25) is 0 Å². The van der Waals surface area contributed by atoms with E-state index in [4.69, 9.17) is 4.42 Å². The quantitative estimate of drug-likeness (QED) is 0.336. The van der Waals surface area contributed by atoms with Crippen molar-refractivity contribution < 1.29 is 4.42 Å². The Kier molecular flexibility index (Phi) is 3.51. The molecule has 5 aromatic rings. The molecule has 0 bridgehead atoms. The van der Waals surface area contributed by atoms with Crippen molar-refractivity contribution in [3.8, 4) is 5.69 Å². The van der Waals surface area contributed by atoms with E-state index in [0.717, 1.165) is 28.0 Å². The van der Waals surface area contributed by atoms with Crippen LogP contribution < -0.4 is 0 Å². The van der Waals surface area contributed by atoms with Gasteiger partial charge in [0, 0.05) is 27.4 Å². The zero-order valence-electron chi connectivity index (χ0n) is 15.1. The highest BCUT2D eigenvalue weighted by molar-refractivity contribution is 6.14. The van der Waals surface area contributed by atoms with Crippen molar-refractivity contribution in [3.05, 3.63) is 90.7 Å². The number of allylic oxidation sites excluding steroid dienone is 1. The predicted molar refractivity (Wildman–Crippen MR) is 115 cm³/mol. The summed E-state index contributed by atoms with van der Waals surface area (Å²) in [4.78, 5) is 0. The first kappa shape index (κ1) is 15.7. The third kappa shape index (κ3) is 2.27. The van der Waals surface area contributed by atoms with Crippen LogP contribution in [0.1, 0.15) is 18.2 Å². The van der Waals surface area contributed by atoms with Gasteiger partial charge in [-0.05, 0) is 43.3 Å². The molecule has 0 saturated carbocycles. The standard InChI is InChI=1S/C25H19NO/c1-3-10-24-18(4-2)21-15-23-20(16-25(21)27-24)19-13-8-9-14-22(19)26(23)17-11-6-5-7-12-17/h3-16H,2H2,1H3/b10-3-. The summed E-state index contributed by atoms with van der Waals surface area (Å²) in [6.07, 6.45) is 5.86. The van der Waals surface area contributed by atoms with E-state index in [1.54, 1.807) is 0 Å². The van der Waals surface area contributed by atoms with Crippen LogP contribution in [0.4, 0.5) is 0 Å². The topological polar surface area (TPSA) is 18.1 Å². The molecule has 0 aliphatic carbocycles. The Balaban J connectivity index is 1.97.